The van der Waals surface area contributed by atoms with E-state index in [4.69, 9.17) is 4.98 Å². The van der Waals surface area contributed by atoms with Gasteiger partial charge in [0.15, 0.2) is 0 Å². The van der Waals surface area contributed by atoms with Crippen molar-refractivity contribution >= 4 is 11.8 Å². The molecule has 4 nitrogen and oxygen atoms in total. The summed E-state index contributed by atoms with van der Waals surface area (Å²) in [7, 11) is 0. The molecule has 0 unspecified atom stereocenters. The Morgan fingerprint density at radius 1 is 1.12 bits per heavy atom. The predicted molar refractivity (Wildman–Crippen MR) is 100 cm³/mol. The molecule has 2 aromatic rings. The van der Waals surface area contributed by atoms with E-state index in [-0.39, 0.29) is 0 Å². The van der Waals surface area contributed by atoms with E-state index in [1.807, 2.05) is 12.3 Å². The molecule has 1 aromatic heterocycles. The largest absolute Gasteiger partial charge is 0.356 e. The Balaban J connectivity index is 1.79. The first kappa shape index (κ1) is 16.7. The highest BCUT2D eigenvalue weighted by Gasteiger charge is 2.19. The predicted octanol–water partition coefficient (Wildman–Crippen LogP) is 4.13. The van der Waals surface area contributed by atoms with Gasteiger partial charge < -0.3 is 9.80 Å². The number of piperidine rings is 1. The van der Waals surface area contributed by atoms with Crippen LogP contribution in [0.4, 0.5) is 11.8 Å². The van der Waals surface area contributed by atoms with E-state index < -0.39 is 0 Å². The van der Waals surface area contributed by atoms with Crippen LogP contribution in [0.2, 0.25) is 0 Å². The van der Waals surface area contributed by atoms with Crippen LogP contribution in [-0.4, -0.2) is 29.1 Å². The van der Waals surface area contributed by atoms with Gasteiger partial charge in [-0.1, -0.05) is 37.3 Å². The molecular formula is C20H28N4. The number of rotatable bonds is 5. The van der Waals surface area contributed by atoms with Crippen molar-refractivity contribution < 1.29 is 0 Å². The fourth-order valence-corrected chi connectivity index (χ4v) is 3.16. The first-order chi connectivity index (χ1) is 11.6. The van der Waals surface area contributed by atoms with Gasteiger partial charge in [-0.2, -0.15) is 4.98 Å². The van der Waals surface area contributed by atoms with Gasteiger partial charge in [0.1, 0.15) is 5.82 Å². The van der Waals surface area contributed by atoms with Gasteiger partial charge in [0.05, 0.1) is 0 Å². The third-order valence-corrected chi connectivity index (χ3v) is 4.81. The molecule has 0 amide bonds. The van der Waals surface area contributed by atoms with Gasteiger partial charge in [-0.25, -0.2) is 4.98 Å². The second-order valence-electron chi connectivity index (χ2n) is 7.09. The van der Waals surface area contributed by atoms with Crippen molar-refractivity contribution in [1.82, 2.24) is 9.97 Å². The molecule has 0 saturated carbocycles. The fourth-order valence-electron chi connectivity index (χ4n) is 3.16. The minimum absolute atomic E-state index is 0.349. The third kappa shape index (κ3) is 4.05. The number of benzene rings is 1. The molecule has 4 heteroatoms. The Morgan fingerprint density at radius 2 is 1.83 bits per heavy atom. The van der Waals surface area contributed by atoms with Crippen LogP contribution in [0, 0.1) is 5.92 Å². The standard InChI is InChI=1S/C20H28N4/c1-16(2)24(15-18-7-5-4-6-8-18)20-21-12-9-19(22-20)23-13-10-17(3)11-14-23/h4-9,12,16-17H,10-11,13-15H2,1-3H3. The Bertz CT molecular complexity index is 633. The lowest BCUT2D eigenvalue weighted by Crippen LogP contribution is -2.35. The van der Waals surface area contributed by atoms with Crippen LogP contribution >= 0.6 is 0 Å². The van der Waals surface area contributed by atoms with Gasteiger partial charge >= 0.3 is 0 Å². The highest BCUT2D eigenvalue weighted by atomic mass is 15.3. The van der Waals surface area contributed by atoms with Crippen molar-refractivity contribution in [3.63, 3.8) is 0 Å². The summed E-state index contributed by atoms with van der Waals surface area (Å²) in [4.78, 5) is 14.1. The summed E-state index contributed by atoms with van der Waals surface area (Å²) in [5, 5.41) is 0. The molecule has 24 heavy (non-hydrogen) atoms. The second-order valence-corrected chi connectivity index (χ2v) is 7.09. The van der Waals surface area contributed by atoms with Gasteiger partial charge in [0.2, 0.25) is 5.95 Å². The lowest BCUT2D eigenvalue weighted by atomic mass is 9.99. The van der Waals surface area contributed by atoms with E-state index in [2.05, 4.69) is 65.9 Å². The van der Waals surface area contributed by atoms with Crippen LogP contribution in [0.15, 0.2) is 42.6 Å². The monoisotopic (exact) mass is 324 g/mol. The van der Waals surface area contributed by atoms with E-state index in [1.54, 1.807) is 0 Å². The summed E-state index contributed by atoms with van der Waals surface area (Å²) in [6.45, 7) is 9.75. The molecule has 0 N–H and O–H groups in total. The number of hydrogen-bond acceptors (Lipinski definition) is 4. The number of anilines is 2. The third-order valence-electron chi connectivity index (χ3n) is 4.81. The molecule has 2 heterocycles. The smallest absolute Gasteiger partial charge is 0.227 e. The lowest BCUT2D eigenvalue weighted by molar-refractivity contribution is 0.436. The zero-order valence-corrected chi connectivity index (χ0v) is 15.0. The zero-order valence-electron chi connectivity index (χ0n) is 15.0. The fraction of sp³-hybridized carbons (Fsp3) is 0.500. The average molecular weight is 324 g/mol. The van der Waals surface area contributed by atoms with Crippen molar-refractivity contribution in [1.29, 1.82) is 0 Å². The Hall–Kier alpha value is -2.10. The molecule has 1 saturated heterocycles. The van der Waals surface area contributed by atoms with E-state index in [0.29, 0.717) is 6.04 Å². The normalized spacial score (nSPS) is 15.8. The molecule has 3 rings (SSSR count). The van der Waals surface area contributed by atoms with Crippen molar-refractivity contribution in [2.45, 2.75) is 46.2 Å². The van der Waals surface area contributed by atoms with Crippen LogP contribution in [0.25, 0.3) is 0 Å². The van der Waals surface area contributed by atoms with Crippen LogP contribution in [0.3, 0.4) is 0 Å². The van der Waals surface area contributed by atoms with Gasteiger partial charge in [-0.15, -0.1) is 0 Å². The number of nitrogens with zero attached hydrogens (tertiary/aromatic N) is 4. The maximum atomic E-state index is 4.88. The molecule has 1 fully saturated rings. The molecule has 0 radical (unpaired) electrons. The molecule has 0 atom stereocenters. The maximum absolute atomic E-state index is 4.88. The molecule has 128 valence electrons. The van der Waals surface area contributed by atoms with Gasteiger partial charge in [0, 0.05) is 31.9 Å². The summed E-state index contributed by atoms with van der Waals surface area (Å²) in [5.41, 5.74) is 1.28. The lowest BCUT2D eigenvalue weighted by Gasteiger charge is -2.32. The molecule has 1 aliphatic rings. The summed E-state index contributed by atoms with van der Waals surface area (Å²) in [5.74, 6) is 2.71. The first-order valence-corrected chi connectivity index (χ1v) is 9.02. The van der Waals surface area contributed by atoms with E-state index in [9.17, 15) is 0 Å². The summed E-state index contributed by atoms with van der Waals surface area (Å²) in [6, 6.07) is 12.9. The summed E-state index contributed by atoms with van der Waals surface area (Å²) in [6.07, 6.45) is 4.39. The zero-order chi connectivity index (χ0) is 16.9. The highest BCUT2D eigenvalue weighted by molar-refractivity contribution is 5.45. The molecule has 0 bridgehead atoms. The molecule has 1 aliphatic heterocycles. The highest BCUT2D eigenvalue weighted by Crippen LogP contribution is 2.23. The van der Waals surface area contributed by atoms with E-state index in [0.717, 1.165) is 37.3 Å². The van der Waals surface area contributed by atoms with Crippen LogP contribution in [0.1, 0.15) is 39.2 Å². The minimum atomic E-state index is 0.349. The van der Waals surface area contributed by atoms with Crippen LogP contribution in [-0.2, 0) is 6.54 Å². The van der Waals surface area contributed by atoms with Crippen LogP contribution < -0.4 is 9.80 Å². The number of aromatic nitrogens is 2. The van der Waals surface area contributed by atoms with Crippen molar-refractivity contribution in [2.24, 2.45) is 5.92 Å². The Kier molecular flexibility index (Phi) is 5.34. The van der Waals surface area contributed by atoms with Crippen molar-refractivity contribution in [3.05, 3.63) is 48.2 Å². The Morgan fingerprint density at radius 3 is 2.50 bits per heavy atom. The quantitative estimate of drug-likeness (QED) is 0.828. The Labute approximate surface area is 145 Å². The summed E-state index contributed by atoms with van der Waals surface area (Å²) >= 11 is 0. The maximum Gasteiger partial charge on any atom is 0.227 e. The topological polar surface area (TPSA) is 32.3 Å². The second kappa shape index (κ2) is 7.65. The van der Waals surface area contributed by atoms with Gasteiger partial charge in [0.25, 0.3) is 0 Å². The van der Waals surface area contributed by atoms with E-state index >= 15 is 0 Å². The van der Waals surface area contributed by atoms with Crippen molar-refractivity contribution in [3.8, 4) is 0 Å². The molecule has 0 aliphatic carbocycles. The minimum Gasteiger partial charge on any atom is -0.356 e. The summed E-state index contributed by atoms with van der Waals surface area (Å²) < 4.78 is 0. The van der Waals surface area contributed by atoms with Crippen LogP contribution in [0.5, 0.6) is 0 Å². The molecular weight excluding hydrogens is 296 g/mol. The number of hydrogen-bond donors (Lipinski definition) is 0. The average Bonchev–Trinajstić information content (AvgIpc) is 2.61. The van der Waals surface area contributed by atoms with Crippen molar-refractivity contribution in [2.75, 3.05) is 22.9 Å². The van der Waals surface area contributed by atoms with Gasteiger partial charge in [-0.3, -0.25) is 0 Å². The van der Waals surface area contributed by atoms with E-state index in [1.165, 1.54) is 18.4 Å². The SMILES string of the molecule is CC1CCN(c2ccnc(N(Cc3ccccc3)C(C)C)n2)CC1. The molecule has 1 aromatic carbocycles. The molecule has 0 spiro atoms. The first-order valence-electron chi connectivity index (χ1n) is 9.02. The van der Waals surface area contributed by atoms with Gasteiger partial charge in [-0.05, 0) is 44.2 Å².